The molecule has 24 heavy (non-hydrogen) atoms. The molecule has 0 bridgehead atoms. The zero-order chi connectivity index (χ0) is 16.4. The molecule has 0 aliphatic carbocycles. The van der Waals surface area contributed by atoms with E-state index in [4.69, 9.17) is 0 Å². The Morgan fingerprint density at radius 1 is 1.46 bits per heavy atom. The second-order valence-electron chi connectivity index (χ2n) is 6.14. The number of nitrogens with one attached hydrogen (secondary N) is 1. The Labute approximate surface area is 147 Å². The monoisotopic (exact) mass is 352 g/mol. The summed E-state index contributed by atoms with van der Waals surface area (Å²) in [7, 11) is 3.64. The number of amides is 1. The van der Waals surface area contributed by atoms with Crippen LogP contribution < -0.4 is 5.32 Å². The van der Waals surface area contributed by atoms with Gasteiger partial charge in [-0.1, -0.05) is 12.1 Å². The minimum absolute atomic E-state index is 0. The van der Waals surface area contributed by atoms with Crippen molar-refractivity contribution < 1.29 is 9.18 Å². The van der Waals surface area contributed by atoms with Crippen LogP contribution in [-0.2, 0) is 18.4 Å². The molecule has 1 fully saturated rings. The number of nitrogens with zero attached hydrogens (tertiary/aromatic N) is 3. The largest absolute Gasteiger partial charge is 0.341 e. The Bertz CT molecular complexity index is 705. The van der Waals surface area contributed by atoms with E-state index in [2.05, 4.69) is 10.4 Å². The fourth-order valence-corrected chi connectivity index (χ4v) is 3.19. The van der Waals surface area contributed by atoms with Crippen molar-refractivity contribution in [1.29, 1.82) is 0 Å². The van der Waals surface area contributed by atoms with Crippen molar-refractivity contribution in [3.8, 4) is 0 Å². The molecule has 2 atom stereocenters. The van der Waals surface area contributed by atoms with Gasteiger partial charge >= 0.3 is 0 Å². The molecule has 7 heteroatoms. The van der Waals surface area contributed by atoms with Crippen LogP contribution in [0.2, 0.25) is 0 Å². The molecule has 1 aromatic heterocycles. The Kier molecular flexibility index (Phi) is 5.96. The highest BCUT2D eigenvalue weighted by molar-refractivity contribution is 5.85. The molecule has 1 aliphatic rings. The molecular formula is C17H22ClFN4O. The summed E-state index contributed by atoms with van der Waals surface area (Å²) in [6.07, 6.45) is 3.79. The van der Waals surface area contributed by atoms with Gasteiger partial charge in [0, 0.05) is 45.8 Å². The lowest BCUT2D eigenvalue weighted by Crippen LogP contribution is -2.35. The molecule has 1 amide bonds. The summed E-state index contributed by atoms with van der Waals surface area (Å²) in [4.78, 5) is 14.5. The van der Waals surface area contributed by atoms with Crippen molar-refractivity contribution in [2.45, 2.75) is 12.5 Å². The zero-order valence-electron chi connectivity index (χ0n) is 13.8. The lowest BCUT2D eigenvalue weighted by atomic mass is 9.90. The van der Waals surface area contributed by atoms with Gasteiger partial charge in [0.25, 0.3) is 0 Å². The summed E-state index contributed by atoms with van der Waals surface area (Å²) < 4.78 is 15.0. The van der Waals surface area contributed by atoms with E-state index in [1.54, 1.807) is 22.7 Å². The van der Waals surface area contributed by atoms with Crippen LogP contribution in [0.5, 0.6) is 0 Å². The maximum Gasteiger partial charge on any atom is 0.227 e. The Morgan fingerprint density at radius 2 is 2.25 bits per heavy atom. The van der Waals surface area contributed by atoms with Crippen molar-refractivity contribution >= 4 is 18.3 Å². The van der Waals surface area contributed by atoms with Crippen LogP contribution in [0.15, 0.2) is 36.7 Å². The van der Waals surface area contributed by atoms with Gasteiger partial charge in [0.15, 0.2) is 0 Å². The number of carbonyl (C=O) groups is 1. The van der Waals surface area contributed by atoms with Gasteiger partial charge in [-0.05, 0) is 23.3 Å². The number of aromatic nitrogens is 2. The Hall–Kier alpha value is -1.92. The van der Waals surface area contributed by atoms with E-state index >= 15 is 0 Å². The van der Waals surface area contributed by atoms with Gasteiger partial charge in [-0.15, -0.1) is 12.4 Å². The molecule has 1 N–H and O–H groups in total. The van der Waals surface area contributed by atoms with E-state index in [9.17, 15) is 9.18 Å². The normalized spacial score (nSPS) is 19.8. The third-order valence-electron chi connectivity index (χ3n) is 4.37. The van der Waals surface area contributed by atoms with Crippen molar-refractivity contribution in [1.82, 2.24) is 20.0 Å². The van der Waals surface area contributed by atoms with Crippen molar-refractivity contribution in [3.63, 3.8) is 0 Å². The summed E-state index contributed by atoms with van der Waals surface area (Å²) in [5.41, 5.74) is 1.87. The van der Waals surface area contributed by atoms with Crippen LogP contribution in [0.1, 0.15) is 17.0 Å². The van der Waals surface area contributed by atoms with Crippen molar-refractivity contribution in [3.05, 3.63) is 53.6 Å². The second kappa shape index (κ2) is 7.77. The van der Waals surface area contributed by atoms with Crippen molar-refractivity contribution in [2.75, 3.05) is 20.1 Å². The van der Waals surface area contributed by atoms with E-state index < -0.39 is 0 Å². The van der Waals surface area contributed by atoms with Gasteiger partial charge in [0.05, 0.1) is 12.1 Å². The maximum atomic E-state index is 13.3. The average molecular weight is 353 g/mol. The van der Waals surface area contributed by atoms with Gasteiger partial charge in [-0.25, -0.2) is 4.39 Å². The smallest absolute Gasteiger partial charge is 0.227 e. The quantitative estimate of drug-likeness (QED) is 0.915. The molecule has 0 saturated carbocycles. The van der Waals surface area contributed by atoms with Crippen LogP contribution >= 0.6 is 12.4 Å². The zero-order valence-corrected chi connectivity index (χ0v) is 14.6. The van der Waals surface area contributed by atoms with Gasteiger partial charge in [0.1, 0.15) is 5.82 Å². The van der Waals surface area contributed by atoms with Gasteiger partial charge in [-0.2, -0.15) is 5.10 Å². The highest BCUT2D eigenvalue weighted by atomic mass is 35.5. The maximum absolute atomic E-state index is 13.3. The molecule has 1 aromatic carbocycles. The number of hydrogen-bond donors (Lipinski definition) is 1. The molecule has 1 aliphatic heterocycles. The molecule has 2 heterocycles. The van der Waals surface area contributed by atoms with Gasteiger partial charge in [-0.3, -0.25) is 9.48 Å². The van der Waals surface area contributed by atoms with Gasteiger partial charge < -0.3 is 10.2 Å². The number of rotatable bonds is 4. The summed E-state index contributed by atoms with van der Waals surface area (Å²) in [5.74, 6) is -0.184. The minimum atomic E-state index is -0.279. The predicted octanol–water partition coefficient (Wildman–Crippen LogP) is 1.94. The first kappa shape index (κ1) is 18.4. The van der Waals surface area contributed by atoms with E-state index in [-0.39, 0.29) is 36.0 Å². The first-order valence-electron chi connectivity index (χ1n) is 7.73. The average Bonchev–Trinajstić information content (AvgIpc) is 3.14. The molecule has 1 saturated heterocycles. The number of aryl methyl sites for hydroxylation is 1. The van der Waals surface area contributed by atoms with Gasteiger partial charge in [0.2, 0.25) is 5.91 Å². The van der Waals surface area contributed by atoms with Crippen LogP contribution in [0, 0.1) is 11.7 Å². The third-order valence-corrected chi connectivity index (χ3v) is 4.37. The summed E-state index contributed by atoms with van der Waals surface area (Å²) >= 11 is 0. The van der Waals surface area contributed by atoms with E-state index in [1.165, 1.54) is 12.1 Å². The minimum Gasteiger partial charge on any atom is -0.341 e. The predicted molar refractivity (Wildman–Crippen MR) is 92.4 cm³/mol. The van der Waals surface area contributed by atoms with Crippen LogP contribution in [0.3, 0.4) is 0 Å². The van der Waals surface area contributed by atoms with Crippen molar-refractivity contribution in [2.24, 2.45) is 13.0 Å². The second-order valence-corrected chi connectivity index (χ2v) is 6.14. The molecule has 5 nitrogen and oxygen atoms in total. The molecule has 2 aromatic rings. The first-order valence-corrected chi connectivity index (χ1v) is 7.73. The highest BCUT2D eigenvalue weighted by Crippen LogP contribution is 2.29. The number of benzene rings is 1. The van der Waals surface area contributed by atoms with E-state index in [1.807, 2.05) is 25.5 Å². The number of carbonyl (C=O) groups excluding carboxylic acids is 1. The van der Waals surface area contributed by atoms with Crippen LogP contribution in [0.4, 0.5) is 4.39 Å². The lowest BCUT2D eigenvalue weighted by Gasteiger charge is -2.24. The number of hydrogen-bond acceptors (Lipinski definition) is 3. The van der Waals surface area contributed by atoms with E-state index in [0.29, 0.717) is 13.1 Å². The van der Waals surface area contributed by atoms with Crippen LogP contribution in [-0.4, -0.2) is 40.7 Å². The molecule has 3 rings (SSSR count). The Morgan fingerprint density at radius 3 is 2.92 bits per heavy atom. The molecule has 130 valence electrons. The topological polar surface area (TPSA) is 50.2 Å². The standard InChI is InChI=1S/C17H21FN4O.ClH/c1-21(10-12-4-3-5-14(18)6-12)17(23)16-9-19-8-15(16)13-7-20-22(2)11-13;/h3-7,11,15-16,19H,8-10H2,1-2H3;1H/t15-,16+;/m1./s1. The molecule has 0 radical (unpaired) electrons. The summed E-state index contributed by atoms with van der Waals surface area (Å²) in [6.45, 7) is 1.84. The molecule has 0 spiro atoms. The highest BCUT2D eigenvalue weighted by Gasteiger charge is 2.36. The number of halogens is 2. The SMILES string of the molecule is CN(Cc1cccc(F)c1)C(=O)[C@H]1CNC[C@@H]1c1cnn(C)c1.Cl. The van der Waals surface area contributed by atoms with Crippen LogP contribution in [0.25, 0.3) is 0 Å². The van der Waals surface area contributed by atoms with E-state index in [0.717, 1.165) is 17.7 Å². The fourth-order valence-electron chi connectivity index (χ4n) is 3.19. The Balaban J connectivity index is 0.00000208. The lowest BCUT2D eigenvalue weighted by molar-refractivity contribution is -0.134. The molecule has 0 unspecified atom stereocenters. The summed E-state index contributed by atoms with van der Waals surface area (Å²) in [6, 6.07) is 6.37. The first-order chi connectivity index (χ1) is 11.0. The third kappa shape index (κ3) is 3.94. The summed E-state index contributed by atoms with van der Waals surface area (Å²) in [5, 5.41) is 7.49. The fraction of sp³-hybridized carbons (Fsp3) is 0.412. The molecular weight excluding hydrogens is 331 g/mol.